The maximum absolute atomic E-state index is 13.0. The average molecular weight is 240 g/mol. The number of hydrogen-bond acceptors (Lipinski definition) is 3. The number of likely N-dealkylation sites (N-methyl/N-ethyl adjacent to an activating group) is 1. The quantitative estimate of drug-likeness (QED) is 0.828. The van der Waals surface area contributed by atoms with E-state index in [1.54, 1.807) is 27.1 Å². The Hall–Kier alpha value is -1.62. The second kappa shape index (κ2) is 5.63. The first-order valence-electron chi connectivity index (χ1n) is 5.34. The summed E-state index contributed by atoms with van der Waals surface area (Å²) in [7, 11) is 3.33. The van der Waals surface area contributed by atoms with Crippen molar-refractivity contribution >= 4 is 5.91 Å². The van der Waals surface area contributed by atoms with Crippen LogP contribution in [0.3, 0.4) is 0 Å². The average Bonchev–Trinajstić information content (AvgIpc) is 2.29. The molecule has 0 aromatic heterocycles. The van der Waals surface area contributed by atoms with E-state index < -0.39 is 5.82 Å². The van der Waals surface area contributed by atoms with Gasteiger partial charge in [0.1, 0.15) is 0 Å². The lowest BCUT2D eigenvalue weighted by Crippen LogP contribution is -2.41. The Morgan fingerprint density at radius 2 is 2.18 bits per heavy atom. The predicted molar refractivity (Wildman–Crippen MR) is 63.1 cm³/mol. The molecule has 0 radical (unpaired) electrons. The van der Waals surface area contributed by atoms with Crippen LogP contribution < -0.4 is 5.32 Å². The van der Waals surface area contributed by atoms with Gasteiger partial charge in [-0.2, -0.15) is 0 Å². The molecule has 0 heterocycles. The van der Waals surface area contributed by atoms with Gasteiger partial charge in [-0.15, -0.1) is 0 Å². The van der Waals surface area contributed by atoms with Crippen molar-refractivity contribution in [2.24, 2.45) is 0 Å². The van der Waals surface area contributed by atoms with Crippen molar-refractivity contribution in [1.29, 1.82) is 0 Å². The summed E-state index contributed by atoms with van der Waals surface area (Å²) in [5.41, 5.74) is 0.434. The van der Waals surface area contributed by atoms with Crippen LogP contribution in [0.25, 0.3) is 0 Å². The van der Waals surface area contributed by atoms with Crippen LogP contribution in [0.2, 0.25) is 0 Å². The summed E-state index contributed by atoms with van der Waals surface area (Å²) < 4.78 is 13.0. The first-order chi connectivity index (χ1) is 7.93. The zero-order valence-corrected chi connectivity index (χ0v) is 10.2. The lowest BCUT2D eigenvalue weighted by atomic mass is 10.2. The van der Waals surface area contributed by atoms with Crippen LogP contribution in [0.5, 0.6) is 5.75 Å². The van der Waals surface area contributed by atoms with E-state index in [2.05, 4.69) is 5.32 Å². The number of phenolic OH excluding ortho intramolecular Hbond substituents is 1. The molecule has 0 aliphatic heterocycles. The molecule has 0 aliphatic carbocycles. The van der Waals surface area contributed by atoms with Crippen LogP contribution in [-0.2, 0) is 11.3 Å². The second-order valence-electron chi connectivity index (χ2n) is 4.08. The van der Waals surface area contributed by atoms with E-state index in [1.807, 2.05) is 0 Å². The molecule has 0 saturated heterocycles. The van der Waals surface area contributed by atoms with E-state index in [9.17, 15) is 14.3 Å². The number of halogens is 1. The zero-order valence-electron chi connectivity index (χ0n) is 10.2. The lowest BCUT2D eigenvalue weighted by molar-refractivity contribution is -0.130. The molecule has 1 rings (SSSR count). The van der Waals surface area contributed by atoms with Crippen LogP contribution in [0.1, 0.15) is 12.5 Å². The zero-order chi connectivity index (χ0) is 13.0. The molecule has 5 heteroatoms. The van der Waals surface area contributed by atoms with Crippen LogP contribution in [0.15, 0.2) is 18.2 Å². The predicted octanol–water partition coefficient (Wildman–Crippen LogP) is 1.10. The Morgan fingerprint density at radius 1 is 1.53 bits per heavy atom. The van der Waals surface area contributed by atoms with Gasteiger partial charge in [0, 0.05) is 26.2 Å². The van der Waals surface area contributed by atoms with Crippen molar-refractivity contribution < 1.29 is 14.3 Å². The molecule has 0 saturated carbocycles. The number of carbonyl (C=O) groups excluding carboxylic acids is 1. The number of nitrogens with zero attached hydrogens (tertiary/aromatic N) is 1. The molecule has 17 heavy (non-hydrogen) atoms. The summed E-state index contributed by atoms with van der Waals surface area (Å²) in [5.74, 6) is -1.10. The van der Waals surface area contributed by atoms with Gasteiger partial charge < -0.3 is 15.3 Å². The highest BCUT2D eigenvalue weighted by atomic mass is 19.1. The van der Waals surface area contributed by atoms with Gasteiger partial charge in [-0.3, -0.25) is 4.79 Å². The van der Waals surface area contributed by atoms with Crippen LogP contribution in [0.4, 0.5) is 4.39 Å². The molecule has 1 amide bonds. The standard InChI is InChI=1S/C12H17FN2O2/c1-8(12(17)15(2)3)14-7-9-5-4-6-10(13)11(9)16/h4-6,8,14,16H,7H2,1-3H3. The highest BCUT2D eigenvalue weighted by molar-refractivity contribution is 5.80. The Bertz CT molecular complexity index is 407. The number of para-hydroxylation sites is 1. The van der Waals surface area contributed by atoms with Crippen molar-refractivity contribution in [2.75, 3.05) is 14.1 Å². The van der Waals surface area contributed by atoms with Crippen molar-refractivity contribution in [1.82, 2.24) is 10.2 Å². The number of carbonyl (C=O) groups is 1. The third-order valence-electron chi connectivity index (χ3n) is 2.48. The summed E-state index contributed by atoms with van der Waals surface area (Å²) in [6, 6.07) is 3.93. The van der Waals surface area contributed by atoms with Crippen LogP contribution >= 0.6 is 0 Å². The maximum Gasteiger partial charge on any atom is 0.238 e. The highest BCUT2D eigenvalue weighted by Gasteiger charge is 2.15. The highest BCUT2D eigenvalue weighted by Crippen LogP contribution is 2.20. The fraction of sp³-hybridized carbons (Fsp3) is 0.417. The first-order valence-corrected chi connectivity index (χ1v) is 5.34. The number of rotatable bonds is 4. The van der Waals surface area contributed by atoms with E-state index >= 15 is 0 Å². The number of hydrogen-bond donors (Lipinski definition) is 2. The third-order valence-corrected chi connectivity index (χ3v) is 2.48. The topological polar surface area (TPSA) is 52.6 Å². The van der Waals surface area contributed by atoms with Crippen molar-refractivity contribution in [2.45, 2.75) is 19.5 Å². The number of amides is 1. The molecule has 0 fully saturated rings. The minimum absolute atomic E-state index is 0.0686. The summed E-state index contributed by atoms with van der Waals surface area (Å²) in [6.07, 6.45) is 0. The monoisotopic (exact) mass is 240 g/mol. The Labute approximate surface area is 100 Å². The number of benzene rings is 1. The Kier molecular flexibility index (Phi) is 4.45. The molecule has 0 aliphatic rings. The van der Waals surface area contributed by atoms with E-state index in [-0.39, 0.29) is 24.2 Å². The summed E-state index contributed by atoms with van der Waals surface area (Å²) in [4.78, 5) is 13.0. The fourth-order valence-electron chi connectivity index (χ4n) is 1.44. The van der Waals surface area contributed by atoms with Crippen molar-refractivity contribution in [3.63, 3.8) is 0 Å². The largest absolute Gasteiger partial charge is 0.505 e. The minimum atomic E-state index is -0.657. The maximum atomic E-state index is 13.0. The van der Waals surface area contributed by atoms with E-state index in [1.165, 1.54) is 17.0 Å². The SMILES string of the molecule is CC(NCc1cccc(F)c1O)C(=O)N(C)C. The van der Waals surface area contributed by atoms with Gasteiger partial charge in [0.25, 0.3) is 0 Å². The van der Waals surface area contributed by atoms with Gasteiger partial charge in [-0.1, -0.05) is 12.1 Å². The molecule has 2 N–H and O–H groups in total. The molecule has 4 nitrogen and oxygen atoms in total. The molecule has 1 aromatic carbocycles. The van der Waals surface area contributed by atoms with E-state index in [4.69, 9.17) is 0 Å². The Morgan fingerprint density at radius 3 is 2.76 bits per heavy atom. The molecule has 1 aromatic rings. The first kappa shape index (κ1) is 13.4. The second-order valence-corrected chi connectivity index (χ2v) is 4.08. The van der Waals surface area contributed by atoms with E-state index in [0.717, 1.165) is 0 Å². The van der Waals surface area contributed by atoms with Crippen LogP contribution in [-0.4, -0.2) is 36.1 Å². The number of nitrogens with one attached hydrogen (secondary N) is 1. The molecule has 1 atom stereocenters. The van der Waals surface area contributed by atoms with Gasteiger partial charge in [0.15, 0.2) is 11.6 Å². The van der Waals surface area contributed by atoms with Crippen molar-refractivity contribution in [3.8, 4) is 5.75 Å². The van der Waals surface area contributed by atoms with Gasteiger partial charge in [-0.05, 0) is 13.0 Å². The number of aromatic hydroxyl groups is 1. The van der Waals surface area contributed by atoms with Gasteiger partial charge >= 0.3 is 0 Å². The third kappa shape index (κ3) is 3.42. The fourth-order valence-corrected chi connectivity index (χ4v) is 1.44. The summed E-state index contributed by atoms with van der Waals surface area (Å²) >= 11 is 0. The summed E-state index contributed by atoms with van der Waals surface area (Å²) in [6.45, 7) is 1.96. The van der Waals surface area contributed by atoms with Gasteiger partial charge in [0.2, 0.25) is 5.91 Å². The minimum Gasteiger partial charge on any atom is -0.505 e. The van der Waals surface area contributed by atoms with Crippen LogP contribution in [0, 0.1) is 5.82 Å². The molecule has 0 spiro atoms. The molecular formula is C12H17FN2O2. The molecule has 94 valence electrons. The lowest BCUT2D eigenvalue weighted by Gasteiger charge is -2.18. The normalized spacial score (nSPS) is 12.2. The Balaban J connectivity index is 2.62. The number of phenols is 1. The van der Waals surface area contributed by atoms with Crippen molar-refractivity contribution in [3.05, 3.63) is 29.6 Å². The van der Waals surface area contributed by atoms with Gasteiger partial charge in [-0.25, -0.2) is 4.39 Å². The molecule has 1 unspecified atom stereocenters. The molecular weight excluding hydrogens is 223 g/mol. The van der Waals surface area contributed by atoms with Gasteiger partial charge in [0.05, 0.1) is 6.04 Å². The summed E-state index contributed by atoms with van der Waals surface area (Å²) in [5, 5.41) is 12.4. The molecule has 0 bridgehead atoms. The smallest absolute Gasteiger partial charge is 0.238 e. The van der Waals surface area contributed by atoms with E-state index in [0.29, 0.717) is 5.56 Å².